The van der Waals surface area contributed by atoms with E-state index in [0.29, 0.717) is 12.3 Å². The standard InChI is InChI=1S/C16H17N3O2/c1-10-13(11(2)19-18-10)7-8-17-16(20)15-9-12-5-3-4-6-14(12)21-15/h3-6,9H,7-8H2,1-2H3,(H,17,20)(H,18,19). The number of rotatable bonds is 4. The number of fused-ring (bicyclic) bond motifs is 1. The van der Waals surface area contributed by atoms with Crippen molar-refractivity contribution in [1.29, 1.82) is 0 Å². The van der Waals surface area contributed by atoms with Crippen LogP contribution in [0.15, 0.2) is 34.7 Å². The highest BCUT2D eigenvalue weighted by atomic mass is 16.3. The number of amides is 1. The van der Waals surface area contributed by atoms with Gasteiger partial charge in [0.15, 0.2) is 5.76 Å². The summed E-state index contributed by atoms with van der Waals surface area (Å²) in [4.78, 5) is 12.1. The van der Waals surface area contributed by atoms with Crippen LogP contribution in [-0.4, -0.2) is 22.6 Å². The van der Waals surface area contributed by atoms with Crippen LogP contribution >= 0.6 is 0 Å². The van der Waals surface area contributed by atoms with Gasteiger partial charge in [-0.15, -0.1) is 0 Å². The molecule has 0 bridgehead atoms. The van der Waals surface area contributed by atoms with Gasteiger partial charge in [0.1, 0.15) is 5.58 Å². The van der Waals surface area contributed by atoms with Crippen LogP contribution in [0.4, 0.5) is 0 Å². The minimum atomic E-state index is -0.190. The molecule has 0 fully saturated rings. The molecular formula is C16H17N3O2. The van der Waals surface area contributed by atoms with Gasteiger partial charge in [0.05, 0.1) is 5.69 Å². The molecule has 1 amide bonds. The SMILES string of the molecule is Cc1n[nH]c(C)c1CCNC(=O)c1cc2ccccc2o1. The summed E-state index contributed by atoms with van der Waals surface area (Å²) in [6, 6.07) is 9.35. The predicted octanol–water partition coefficient (Wildman–Crippen LogP) is 2.75. The van der Waals surface area contributed by atoms with Gasteiger partial charge in [0.2, 0.25) is 0 Å². The average molecular weight is 283 g/mol. The first-order chi connectivity index (χ1) is 10.1. The van der Waals surface area contributed by atoms with Crippen LogP contribution in [0.5, 0.6) is 0 Å². The third kappa shape index (κ3) is 2.67. The number of aryl methyl sites for hydroxylation is 2. The predicted molar refractivity (Wildman–Crippen MR) is 80.3 cm³/mol. The summed E-state index contributed by atoms with van der Waals surface area (Å²) in [5.74, 6) is 0.154. The number of aromatic amines is 1. The number of nitrogens with one attached hydrogen (secondary N) is 2. The zero-order chi connectivity index (χ0) is 14.8. The van der Waals surface area contributed by atoms with Crippen LogP contribution in [0.25, 0.3) is 11.0 Å². The Bertz CT molecular complexity index is 733. The van der Waals surface area contributed by atoms with E-state index in [9.17, 15) is 4.79 Å². The highest BCUT2D eigenvalue weighted by molar-refractivity contribution is 5.96. The normalized spacial score (nSPS) is 11.0. The number of nitrogens with zero attached hydrogens (tertiary/aromatic N) is 1. The molecule has 0 unspecified atom stereocenters. The molecule has 5 heteroatoms. The molecule has 0 radical (unpaired) electrons. The lowest BCUT2D eigenvalue weighted by Crippen LogP contribution is -2.25. The molecule has 0 aliphatic carbocycles. The number of aromatic nitrogens is 2. The summed E-state index contributed by atoms with van der Waals surface area (Å²) in [5.41, 5.74) is 3.90. The second-order valence-corrected chi connectivity index (χ2v) is 5.07. The van der Waals surface area contributed by atoms with Gasteiger partial charge < -0.3 is 9.73 Å². The smallest absolute Gasteiger partial charge is 0.287 e. The first kappa shape index (κ1) is 13.4. The van der Waals surface area contributed by atoms with Gasteiger partial charge in [-0.05, 0) is 38.0 Å². The maximum absolute atomic E-state index is 12.1. The summed E-state index contributed by atoms with van der Waals surface area (Å²) in [6.45, 7) is 4.49. The van der Waals surface area contributed by atoms with Crippen LogP contribution in [0.2, 0.25) is 0 Å². The Morgan fingerprint density at radius 1 is 1.33 bits per heavy atom. The number of para-hydroxylation sites is 1. The molecule has 2 heterocycles. The maximum atomic E-state index is 12.1. The molecule has 0 aliphatic heterocycles. The molecule has 108 valence electrons. The third-order valence-corrected chi connectivity index (χ3v) is 3.59. The van der Waals surface area contributed by atoms with E-state index >= 15 is 0 Å². The van der Waals surface area contributed by atoms with E-state index in [-0.39, 0.29) is 5.91 Å². The van der Waals surface area contributed by atoms with Crippen molar-refractivity contribution in [2.45, 2.75) is 20.3 Å². The van der Waals surface area contributed by atoms with E-state index in [0.717, 1.165) is 34.3 Å². The van der Waals surface area contributed by atoms with Gasteiger partial charge in [0, 0.05) is 17.6 Å². The molecule has 0 saturated heterocycles. The number of hydrogen-bond donors (Lipinski definition) is 2. The molecule has 0 aliphatic rings. The molecule has 3 rings (SSSR count). The fourth-order valence-electron chi connectivity index (χ4n) is 2.42. The van der Waals surface area contributed by atoms with Crippen molar-refractivity contribution in [2.75, 3.05) is 6.54 Å². The zero-order valence-electron chi connectivity index (χ0n) is 12.1. The van der Waals surface area contributed by atoms with Gasteiger partial charge in [-0.1, -0.05) is 18.2 Å². The Morgan fingerprint density at radius 2 is 2.14 bits per heavy atom. The molecule has 2 N–H and O–H groups in total. The molecule has 3 aromatic rings. The number of carbonyl (C=O) groups is 1. The van der Waals surface area contributed by atoms with Crippen molar-refractivity contribution in [1.82, 2.24) is 15.5 Å². The fourth-order valence-corrected chi connectivity index (χ4v) is 2.42. The van der Waals surface area contributed by atoms with Crippen LogP contribution < -0.4 is 5.32 Å². The number of furan rings is 1. The maximum Gasteiger partial charge on any atom is 0.287 e. The highest BCUT2D eigenvalue weighted by Crippen LogP contribution is 2.18. The Hall–Kier alpha value is -2.56. The number of hydrogen-bond acceptors (Lipinski definition) is 3. The summed E-state index contributed by atoms with van der Waals surface area (Å²) >= 11 is 0. The lowest BCUT2D eigenvalue weighted by atomic mass is 10.1. The molecule has 0 spiro atoms. The highest BCUT2D eigenvalue weighted by Gasteiger charge is 2.12. The topological polar surface area (TPSA) is 70.9 Å². The lowest BCUT2D eigenvalue weighted by molar-refractivity contribution is 0.0928. The minimum absolute atomic E-state index is 0.190. The van der Waals surface area contributed by atoms with Crippen molar-refractivity contribution < 1.29 is 9.21 Å². The van der Waals surface area contributed by atoms with Gasteiger partial charge in [0.25, 0.3) is 5.91 Å². The van der Waals surface area contributed by atoms with Crippen molar-refractivity contribution in [2.24, 2.45) is 0 Å². The quantitative estimate of drug-likeness (QED) is 0.773. The average Bonchev–Trinajstić information content (AvgIpc) is 3.04. The van der Waals surface area contributed by atoms with E-state index < -0.39 is 0 Å². The summed E-state index contributed by atoms with van der Waals surface area (Å²) < 4.78 is 5.53. The third-order valence-electron chi connectivity index (χ3n) is 3.59. The van der Waals surface area contributed by atoms with Crippen LogP contribution in [0.3, 0.4) is 0 Å². The lowest BCUT2D eigenvalue weighted by Gasteiger charge is -2.03. The molecule has 0 saturated carbocycles. The largest absolute Gasteiger partial charge is 0.451 e. The van der Waals surface area contributed by atoms with Crippen molar-refractivity contribution >= 4 is 16.9 Å². The van der Waals surface area contributed by atoms with Crippen molar-refractivity contribution in [3.63, 3.8) is 0 Å². The van der Waals surface area contributed by atoms with Gasteiger partial charge in [-0.25, -0.2) is 0 Å². The number of H-pyrrole nitrogens is 1. The summed E-state index contributed by atoms with van der Waals surface area (Å²) in [7, 11) is 0. The number of carbonyl (C=O) groups excluding carboxylic acids is 1. The molecule has 0 atom stereocenters. The molecule has 1 aromatic carbocycles. The Kier molecular flexibility index (Phi) is 3.48. The van der Waals surface area contributed by atoms with Crippen molar-refractivity contribution in [3.05, 3.63) is 53.0 Å². The monoisotopic (exact) mass is 283 g/mol. The Morgan fingerprint density at radius 3 is 2.86 bits per heavy atom. The van der Waals surface area contributed by atoms with E-state index in [2.05, 4.69) is 15.5 Å². The van der Waals surface area contributed by atoms with Crippen LogP contribution in [0.1, 0.15) is 27.5 Å². The molecular weight excluding hydrogens is 266 g/mol. The summed E-state index contributed by atoms with van der Waals surface area (Å²) in [6.07, 6.45) is 0.750. The van der Waals surface area contributed by atoms with Crippen LogP contribution in [0, 0.1) is 13.8 Å². The van der Waals surface area contributed by atoms with Crippen molar-refractivity contribution in [3.8, 4) is 0 Å². The van der Waals surface area contributed by atoms with E-state index in [1.54, 1.807) is 6.07 Å². The first-order valence-corrected chi connectivity index (χ1v) is 6.92. The van der Waals surface area contributed by atoms with E-state index in [1.807, 2.05) is 38.1 Å². The fraction of sp³-hybridized carbons (Fsp3) is 0.250. The van der Waals surface area contributed by atoms with E-state index in [4.69, 9.17) is 4.42 Å². The Balaban J connectivity index is 1.64. The van der Waals surface area contributed by atoms with Gasteiger partial charge in [-0.3, -0.25) is 9.89 Å². The number of benzene rings is 1. The minimum Gasteiger partial charge on any atom is -0.451 e. The zero-order valence-corrected chi connectivity index (χ0v) is 12.1. The van der Waals surface area contributed by atoms with Gasteiger partial charge in [-0.2, -0.15) is 5.10 Å². The second-order valence-electron chi connectivity index (χ2n) is 5.07. The molecule has 2 aromatic heterocycles. The second kappa shape index (κ2) is 5.44. The molecule has 21 heavy (non-hydrogen) atoms. The Labute approximate surface area is 122 Å². The van der Waals surface area contributed by atoms with Crippen LogP contribution in [-0.2, 0) is 6.42 Å². The summed E-state index contributed by atoms with van der Waals surface area (Å²) in [5, 5.41) is 10.9. The van der Waals surface area contributed by atoms with Gasteiger partial charge >= 0.3 is 0 Å². The first-order valence-electron chi connectivity index (χ1n) is 6.92. The van der Waals surface area contributed by atoms with E-state index in [1.165, 1.54) is 0 Å². The molecule has 5 nitrogen and oxygen atoms in total.